The number of rotatable bonds is 3. The summed E-state index contributed by atoms with van der Waals surface area (Å²) in [6, 6.07) is 6.13. The van der Waals surface area contributed by atoms with Gasteiger partial charge in [0.1, 0.15) is 11.6 Å². The van der Waals surface area contributed by atoms with Gasteiger partial charge >= 0.3 is 0 Å². The Bertz CT molecular complexity index is 789. The highest BCUT2D eigenvalue weighted by Gasteiger charge is 2.22. The molecule has 0 N–H and O–H groups in total. The molecule has 0 amide bonds. The van der Waals surface area contributed by atoms with Gasteiger partial charge in [-0.3, -0.25) is 0 Å². The van der Waals surface area contributed by atoms with E-state index in [1.54, 1.807) is 0 Å². The van der Waals surface area contributed by atoms with Crippen molar-refractivity contribution < 1.29 is 4.52 Å². The number of aromatic nitrogens is 3. The van der Waals surface area contributed by atoms with E-state index in [0.717, 1.165) is 38.3 Å². The first-order valence-electron chi connectivity index (χ1n) is 6.68. The molecule has 0 spiro atoms. The van der Waals surface area contributed by atoms with Gasteiger partial charge in [-0.1, -0.05) is 21.1 Å². The third-order valence-corrected chi connectivity index (χ3v) is 4.47. The molecule has 0 fully saturated rings. The Kier molecular flexibility index (Phi) is 3.80. The average Bonchev–Trinajstić information content (AvgIpc) is 2.98. The van der Waals surface area contributed by atoms with Gasteiger partial charge in [-0.2, -0.15) is 0 Å². The summed E-state index contributed by atoms with van der Waals surface area (Å²) in [7, 11) is 0. The van der Waals surface area contributed by atoms with Crippen molar-refractivity contribution in [3.63, 3.8) is 0 Å². The van der Waals surface area contributed by atoms with Gasteiger partial charge < -0.3 is 9.09 Å². The van der Waals surface area contributed by atoms with Crippen molar-refractivity contribution in [3.05, 3.63) is 45.5 Å². The molecule has 0 bridgehead atoms. The summed E-state index contributed by atoms with van der Waals surface area (Å²) in [5.41, 5.74) is 3.98. The molecule has 0 aliphatic carbocycles. The fourth-order valence-corrected chi connectivity index (χ4v) is 3.40. The SMILES string of the molecule is Cc1noc(C)c1C(C)n1c(CCl)nc2cc(Br)ccc21. The van der Waals surface area contributed by atoms with Gasteiger partial charge in [0, 0.05) is 10.0 Å². The van der Waals surface area contributed by atoms with E-state index in [1.807, 2.05) is 26.0 Å². The zero-order valence-corrected chi connectivity index (χ0v) is 14.4. The van der Waals surface area contributed by atoms with Crippen LogP contribution < -0.4 is 0 Å². The normalized spacial score (nSPS) is 13.0. The highest BCUT2D eigenvalue weighted by molar-refractivity contribution is 9.10. The Morgan fingerprint density at radius 2 is 2.14 bits per heavy atom. The fraction of sp³-hybridized carbons (Fsp3) is 0.333. The fourth-order valence-electron chi connectivity index (χ4n) is 2.86. The Morgan fingerprint density at radius 3 is 2.76 bits per heavy atom. The maximum atomic E-state index is 6.09. The molecule has 21 heavy (non-hydrogen) atoms. The quantitative estimate of drug-likeness (QED) is 0.626. The van der Waals surface area contributed by atoms with Crippen LogP contribution in [0.3, 0.4) is 0 Å². The van der Waals surface area contributed by atoms with E-state index in [1.165, 1.54) is 0 Å². The number of hydrogen-bond donors (Lipinski definition) is 0. The Labute approximate surface area is 136 Å². The highest BCUT2D eigenvalue weighted by Crippen LogP contribution is 2.31. The number of aryl methyl sites for hydroxylation is 2. The molecule has 4 nitrogen and oxygen atoms in total. The molecule has 0 aliphatic rings. The van der Waals surface area contributed by atoms with E-state index in [4.69, 9.17) is 16.1 Å². The molecule has 0 saturated carbocycles. The summed E-state index contributed by atoms with van der Waals surface area (Å²) in [6.07, 6.45) is 0. The first-order chi connectivity index (χ1) is 10.0. The van der Waals surface area contributed by atoms with E-state index in [0.29, 0.717) is 5.88 Å². The lowest BCUT2D eigenvalue weighted by Gasteiger charge is -2.17. The maximum absolute atomic E-state index is 6.09. The van der Waals surface area contributed by atoms with Gasteiger partial charge in [-0.05, 0) is 39.0 Å². The van der Waals surface area contributed by atoms with Crippen LogP contribution in [0.4, 0.5) is 0 Å². The van der Waals surface area contributed by atoms with Gasteiger partial charge in [0.2, 0.25) is 0 Å². The third-order valence-electron chi connectivity index (χ3n) is 3.74. The topological polar surface area (TPSA) is 43.9 Å². The number of hydrogen-bond acceptors (Lipinski definition) is 3. The van der Waals surface area contributed by atoms with Crippen LogP contribution in [0.2, 0.25) is 0 Å². The minimum Gasteiger partial charge on any atom is -0.361 e. The van der Waals surface area contributed by atoms with Crippen molar-refractivity contribution >= 4 is 38.6 Å². The summed E-state index contributed by atoms with van der Waals surface area (Å²) in [4.78, 5) is 4.63. The van der Waals surface area contributed by atoms with Crippen molar-refractivity contribution in [2.45, 2.75) is 32.7 Å². The standard InChI is InChI=1S/C15H15BrClN3O/c1-8-15(10(3)21-19-8)9(2)20-13-5-4-11(16)6-12(13)18-14(20)7-17/h4-6,9H,7H2,1-3H3. The number of imidazole rings is 1. The van der Waals surface area contributed by atoms with Crippen molar-refractivity contribution in [2.24, 2.45) is 0 Å². The molecule has 3 rings (SSSR count). The molecule has 3 aromatic rings. The minimum absolute atomic E-state index is 0.0659. The zero-order chi connectivity index (χ0) is 15.1. The summed E-state index contributed by atoms with van der Waals surface area (Å²) in [6.45, 7) is 6.01. The molecule has 0 aliphatic heterocycles. The first-order valence-corrected chi connectivity index (χ1v) is 8.00. The molecule has 1 atom stereocenters. The molecule has 1 unspecified atom stereocenters. The molecule has 0 radical (unpaired) electrons. The molecular weight excluding hydrogens is 354 g/mol. The summed E-state index contributed by atoms with van der Waals surface area (Å²) in [5.74, 6) is 2.04. The van der Waals surface area contributed by atoms with Crippen LogP contribution in [-0.2, 0) is 5.88 Å². The zero-order valence-electron chi connectivity index (χ0n) is 12.0. The van der Waals surface area contributed by atoms with Crippen LogP contribution in [0, 0.1) is 13.8 Å². The second-order valence-corrected chi connectivity index (χ2v) is 6.26. The second-order valence-electron chi connectivity index (χ2n) is 5.08. The van der Waals surface area contributed by atoms with Crippen molar-refractivity contribution in [1.82, 2.24) is 14.7 Å². The summed E-state index contributed by atoms with van der Waals surface area (Å²) in [5, 5.41) is 4.05. The molecule has 110 valence electrons. The second kappa shape index (κ2) is 5.46. The predicted octanol–water partition coefficient (Wildman–Crippen LogP) is 4.75. The van der Waals surface area contributed by atoms with Crippen LogP contribution in [0.15, 0.2) is 27.2 Å². The number of halogens is 2. The summed E-state index contributed by atoms with van der Waals surface area (Å²) >= 11 is 9.57. The molecule has 2 aromatic heterocycles. The van der Waals surface area contributed by atoms with Gasteiger partial charge in [-0.15, -0.1) is 11.6 Å². The highest BCUT2D eigenvalue weighted by atomic mass is 79.9. The monoisotopic (exact) mass is 367 g/mol. The smallest absolute Gasteiger partial charge is 0.139 e. The average molecular weight is 369 g/mol. The Balaban J connectivity index is 2.23. The Hall–Kier alpha value is -1.33. The van der Waals surface area contributed by atoms with E-state index in [-0.39, 0.29) is 6.04 Å². The van der Waals surface area contributed by atoms with Gasteiger partial charge in [0.25, 0.3) is 0 Å². The number of nitrogens with zero attached hydrogens (tertiary/aromatic N) is 3. The third kappa shape index (κ3) is 2.38. The van der Waals surface area contributed by atoms with E-state index < -0.39 is 0 Å². The molecule has 6 heteroatoms. The van der Waals surface area contributed by atoms with E-state index >= 15 is 0 Å². The van der Waals surface area contributed by atoms with Crippen LogP contribution in [0.25, 0.3) is 11.0 Å². The number of alkyl halides is 1. The van der Waals surface area contributed by atoms with Crippen LogP contribution >= 0.6 is 27.5 Å². The van der Waals surface area contributed by atoms with Crippen LogP contribution in [0.1, 0.15) is 35.8 Å². The van der Waals surface area contributed by atoms with E-state index in [9.17, 15) is 0 Å². The largest absolute Gasteiger partial charge is 0.361 e. The van der Waals surface area contributed by atoms with Crippen molar-refractivity contribution in [2.75, 3.05) is 0 Å². The Morgan fingerprint density at radius 1 is 1.38 bits per heavy atom. The van der Waals surface area contributed by atoms with Gasteiger partial charge in [-0.25, -0.2) is 4.98 Å². The lowest BCUT2D eigenvalue weighted by molar-refractivity contribution is 0.391. The first kappa shape index (κ1) is 14.6. The lowest BCUT2D eigenvalue weighted by Crippen LogP contribution is -2.11. The lowest BCUT2D eigenvalue weighted by atomic mass is 10.1. The predicted molar refractivity (Wildman–Crippen MR) is 86.8 cm³/mol. The number of benzene rings is 1. The van der Waals surface area contributed by atoms with Gasteiger partial charge in [0.15, 0.2) is 0 Å². The van der Waals surface area contributed by atoms with Gasteiger partial charge in [0.05, 0.1) is 28.6 Å². The molecule has 0 saturated heterocycles. The maximum Gasteiger partial charge on any atom is 0.139 e. The molecule has 2 heterocycles. The minimum atomic E-state index is 0.0659. The van der Waals surface area contributed by atoms with Crippen molar-refractivity contribution in [3.8, 4) is 0 Å². The van der Waals surface area contributed by atoms with Crippen molar-refractivity contribution in [1.29, 1.82) is 0 Å². The van der Waals surface area contributed by atoms with Crippen LogP contribution in [0.5, 0.6) is 0 Å². The van der Waals surface area contributed by atoms with E-state index in [2.05, 4.69) is 43.6 Å². The molecular formula is C15H15BrClN3O. The number of fused-ring (bicyclic) bond motifs is 1. The van der Waals surface area contributed by atoms with Crippen LogP contribution in [-0.4, -0.2) is 14.7 Å². The summed E-state index contributed by atoms with van der Waals surface area (Å²) < 4.78 is 8.45. The molecule has 1 aromatic carbocycles.